The highest BCUT2D eigenvalue weighted by atomic mass is 19.1. The number of allylic oxidation sites excluding steroid dienone is 1. The Balaban J connectivity index is 1.44. The molecule has 38 heavy (non-hydrogen) atoms. The molecule has 0 spiro atoms. The van der Waals surface area contributed by atoms with Crippen molar-refractivity contribution in [3.05, 3.63) is 88.7 Å². The number of hydrogen-bond donors (Lipinski definition) is 1. The molecule has 1 atom stereocenters. The Morgan fingerprint density at radius 2 is 1.89 bits per heavy atom. The van der Waals surface area contributed by atoms with Crippen LogP contribution < -0.4 is 4.74 Å². The minimum atomic E-state index is -0.266. The molecule has 1 saturated heterocycles. The van der Waals surface area contributed by atoms with E-state index in [4.69, 9.17) is 9.47 Å². The fraction of sp³-hybridized carbons (Fsp3) is 0.406. The molecule has 1 aromatic heterocycles. The number of phenols is 1. The van der Waals surface area contributed by atoms with Gasteiger partial charge in [-0.2, -0.15) is 0 Å². The van der Waals surface area contributed by atoms with E-state index < -0.39 is 0 Å². The molecule has 0 saturated carbocycles. The predicted octanol–water partition coefficient (Wildman–Crippen LogP) is 6.43. The van der Waals surface area contributed by atoms with Crippen molar-refractivity contribution in [3.63, 3.8) is 0 Å². The summed E-state index contributed by atoms with van der Waals surface area (Å²) in [6.45, 7) is 5.50. The van der Waals surface area contributed by atoms with Crippen LogP contribution in [0.25, 0.3) is 11.1 Å². The minimum Gasteiger partial charge on any atom is -0.508 e. The Labute approximate surface area is 224 Å². The zero-order chi connectivity index (χ0) is 26.3. The van der Waals surface area contributed by atoms with Crippen LogP contribution in [0.4, 0.5) is 4.39 Å². The summed E-state index contributed by atoms with van der Waals surface area (Å²) in [4.78, 5) is 6.95. The van der Waals surface area contributed by atoms with Crippen LogP contribution >= 0.6 is 0 Å². The number of ether oxygens (including phenoxy) is 2. The second kappa shape index (κ2) is 12.5. The number of phenolic OH excluding ortho intramolecular Hbond substituents is 1. The zero-order valence-electron chi connectivity index (χ0n) is 22.2. The molecule has 0 amide bonds. The second-order valence-corrected chi connectivity index (χ2v) is 10.1. The Morgan fingerprint density at radius 3 is 2.66 bits per heavy atom. The van der Waals surface area contributed by atoms with E-state index in [1.165, 1.54) is 11.1 Å². The van der Waals surface area contributed by atoms with E-state index >= 15 is 0 Å². The van der Waals surface area contributed by atoms with E-state index in [-0.39, 0.29) is 12.8 Å². The SMILES string of the molecule is CCOCc1ccc(C2=C(c3ccc(O[C@H]4CCN(CCCF)C4)cc3)c3ccc(O)cc3CCC2)cn1. The third kappa shape index (κ3) is 6.25. The molecule has 5 nitrogen and oxygen atoms in total. The van der Waals surface area contributed by atoms with E-state index in [1.807, 2.05) is 31.3 Å². The van der Waals surface area contributed by atoms with Gasteiger partial charge in [0.2, 0.25) is 0 Å². The van der Waals surface area contributed by atoms with Gasteiger partial charge >= 0.3 is 0 Å². The number of nitrogens with zero attached hydrogens (tertiary/aromatic N) is 2. The van der Waals surface area contributed by atoms with Crippen LogP contribution in [0.5, 0.6) is 11.5 Å². The highest BCUT2D eigenvalue weighted by molar-refractivity contribution is 5.99. The first-order chi connectivity index (χ1) is 18.6. The van der Waals surface area contributed by atoms with E-state index in [0.717, 1.165) is 79.0 Å². The Morgan fingerprint density at radius 1 is 1.05 bits per heavy atom. The molecule has 2 heterocycles. The Hall–Kier alpha value is -3.22. The molecule has 2 aromatic carbocycles. The number of pyridine rings is 1. The van der Waals surface area contributed by atoms with Crippen molar-refractivity contribution in [1.82, 2.24) is 9.88 Å². The topological polar surface area (TPSA) is 54.8 Å². The van der Waals surface area contributed by atoms with Crippen LogP contribution in [-0.4, -0.2) is 54.0 Å². The van der Waals surface area contributed by atoms with Crippen molar-refractivity contribution in [3.8, 4) is 11.5 Å². The van der Waals surface area contributed by atoms with E-state index in [1.54, 1.807) is 6.07 Å². The monoisotopic (exact) mass is 516 g/mol. The molecule has 0 bridgehead atoms. The molecule has 5 rings (SSSR count). The number of rotatable bonds is 10. The lowest BCUT2D eigenvalue weighted by Crippen LogP contribution is -2.26. The Kier molecular flexibility index (Phi) is 8.72. The highest BCUT2D eigenvalue weighted by Crippen LogP contribution is 2.41. The normalized spacial score (nSPS) is 17.9. The Bertz CT molecular complexity index is 1240. The van der Waals surface area contributed by atoms with Gasteiger partial charge in [0.15, 0.2) is 0 Å². The summed E-state index contributed by atoms with van der Waals surface area (Å²) in [5.41, 5.74) is 7.92. The smallest absolute Gasteiger partial charge is 0.119 e. The maximum Gasteiger partial charge on any atom is 0.119 e. The van der Waals surface area contributed by atoms with Gasteiger partial charge < -0.3 is 14.6 Å². The van der Waals surface area contributed by atoms with Crippen molar-refractivity contribution in [2.75, 3.05) is 32.9 Å². The molecule has 1 fully saturated rings. The molecule has 1 aliphatic heterocycles. The van der Waals surface area contributed by atoms with Crippen molar-refractivity contribution in [2.45, 2.75) is 51.7 Å². The molecule has 1 aliphatic carbocycles. The molecule has 6 heteroatoms. The molecule has 0 radical (unpaired) electrons. The molecule has 2 aliphatic rings. The maximum atomic E-state index is 12.5. The molecule has 200 valence electrons. The number of hydrogen-bond acceptors (Lipinski definition) is 5. The summed E-state index contributed by atoms with van der Waals surface area (Å²) in [5.74, 6) is 1.16. The summed E-state index contributed by atoms with van der Waals surface area (Å²) < 4.78 is 24.4. The van der Waals surface area contributed by atoms with Gasteiger partial charge in [0.25, 0.3) is 0 Å². The van der Waals surface area contributed by atoms with Gasteiger partial charge in [0.05, 0.1) is 19.0 Å². The van der Waals surface area contributed by atoms with Crippen molar-refractivity contribution in [1.29, 1.82) is 0 Å². The molecule has 0 unspecified atom stereocenters. The molecular weight excluding hydrogens is 479 g/mol. The average molecular weight is 517 g/mol. The summed E-state index contributed by atoms with van der Waals surface area (Å²) >= 11 is 0. The van der Waals surface area contributed by atoms with Crippen LogP contribution in [0, 0.1) is 0 Å². The first-order valence-electron chi connectivity index (χ1n) is 13.8. The maximum absolute atomic E-state index is 12.5. The number of aryl methyl sites for hydroxylation is 1. The van der Waals surface area contributed by atoms with Gasteiger partial charge in [-0.3, -0.25) is 14.3 Å². The van der Waals surface area contributed by atoms with Crippen LogP contribution in [-0.2, 0) is 17.8 Å². The van der Waals surface area contributed by atoms with Gasteiger partial charge in [0, 0.05) is 32.4 Å². The minimum absolute atomic E-state index is 0.137. The van der Waals surface area contributed by atoms with Gasteiger partial charge in [-0.15, -0.1) is 0 Å². The van der Waals surface area contributed by atoms with Crippen LogP contribution in [0.15, 0.2) is 60.8 Å². The van der Waals surface area contributed by atoms with E-state index in [9.17, 15) is 9.50 Å². The third-order valence-electron chi connectivity index (χ3n) is 7.44. The summed E-state index contributed by atoms with van der Waals surface area (Å²) in [6.07, 6.45) is 6.48. The fourth-order valence-electron chi connectivity index (χ4n) is 5.56. The fourth-order valence-corrected chi connectivity index (χ4v) is 5.56. The lowest BCUT2D eigenvalue weighted by Gasteiger charge is -2.18. The molecular formula is C32H37FN2O3. The molecule has 3 aromatic rings. The van der Waals surface area contributed by atoms with Gasteiger partial charge in [-0.05, 0) is 103 Å². The van der Waals surface area contributed by atoms with E-state index in [2.05, 4.69) is 40.2 Å². The van der Waals surface area contributed by atoms with E-state index in [0.29, 0.717) is 25.4 Å². The summed E-state index contributed by atoms with van der Waals surface area (Å²) in [6, 6.07) is 18.3. The quantitative estimate of drug-likeness (QED) is 0.336. The second-order valence-electron chi connectivity index (χ2n) is 10.1. The summed E-state index contributed by atoms with van der Waals surface area (Å²) in [5, 5.41) is 10.2. The largest absolute Gasteiger partial charge is 0.508 e. The van der Waals surface area contributed by atoms with Gasteiger partial charge in [-0.25, -0.2) is 0 Å². The lowest BCUT2D eigenvalue weighted by atomic mass is 9.88. The van der Waals surface area contributed by atoms with Crippen molar-refractivity contribution < 1.29 is 19.0 Å². The van der Waals surface area contributed by atoms with Gasteiger partial charge in [0.1, 0.15) is 17.6 Å². The standard InChI is InChI=1S/C32H37FN2O3/c1-2-37-22-26-10-7-25(20-34-26)30-6-3-5-24-19-27(36)11-14-31(24)32(30)23-8-12-28(13-9-23)38-29-15-18-35(21-29)17-4-16-33/h7-14,19-20,29,36H,2-6,15-18,21-22H2,1H3/t29-/m0/s1. The number of likely N-dealkylation sites (tertiary alicyclic amines) is 1. The predicted molar refractivity (Wildman–Crippen MR) is 149 cm³/mol. The third-order valence-corrected chi connectivity index (χ3v) is 7.44. The number of aromatic nitrogens is 1. The van der Waals surface area contributed by atoms with Crippen LogP contribution in [0.1, 0.15) is 60.6 Å². The van der Waals surface area contributed by atoms with Crippen molar-refractivity contribution in [2.24, 2.45) is 0 Å². The lowest BCUT2D eigenvalue weighted by molar-refractivity contribution is 0.131. The van der Waals surface area contributed by atoms with Gasteiger partial charge in [-0.1, -0.05) is 24.3 Å². The van der Waals surface area contributed by atoms with Crippen molar-refractivity contribution >= 4 is 11.1 Å². The number of fused-ring (bicyclic) bond motifs is 1. The number of alkyl halides is 1. The molecule has 1 N–H and O–H groups in total. The highest BCUT2D eigenvalue weighted by Gasteiger charge is 2.24. The summed E-state index contributed by atoms with van der Waals surface area (Å²) in [7, 11) is 0. The zero-order valence-corrected chi connectivity index (χ0v) is 22.2. The number of halogens is 1. The van der Waals surface area contributed by atoms with Crippen LogP contribution in [0.3, 0.4) is 0 Å². The first-order valence-corrected chi connectivity index (χ1v) is 13.8. The average Bonchev–Trinajstić information content (AvgIpc) is 3.30. The number of aromatic hydroxyl groups is 1. The first kappa shape index (κ1) is 26.4. The number of benzene rings is 2. The van der Waals surface area contributed by atoms with Crippen LogP contribution in [0.2, 0.25) is 0 Å².